The van der Waals surface area contributed by atoms with E-state index < -0.39 is 0 Å². The summed E-state index contributed by atoms with van der Waals surface area (Å²) < 4.78 is 23.9. The molecule has 2 fully saturated rings. The van der Waals surface area contributed by atoms with Crippen LogP contribution in [0.15, 0.2) is 34.9 Å². The highest BCUT2D eigenvalue weighted by atomic mass is 19.1. The number of rotatable bonds is 4. The van der Waals surface area contributed by atoms with Crippen molar-refractivity contribution in [1.82, 2.24) is 20.1 Å². The second-order valence-corrected chi connectivity index (χ2v) is 6.84. The van der Waals surface area contributed by atoms with Crippen molar-refractivity contribution in [1.29, 1.82) is 0 Å². The van der Waals surface area contributed by atoms with Crippen molar-refractivity contribution in [2.75, 3.05) is 45.9 Å². The summed E-state index contributed by atoms with van der Waals surface area (Å²) in [7, 11) is 0. The van der Waals surface area contributed by atoms with E-state index in [1.165, 1.54) is 12.1 Å². The number of piperazine rings is 1. The number of amides is 2. The zero-order valence-electron chi connectivity index (χ0n) is 15.1. The highest BCUT2D eigenvalue weighted by Gasteiger charge is 2.31. The van der Waals surface area contributed by atoms with Crippen molar-refractivity contribution in [2.24, 2.45) is 0 Å². The zero-order valence-corrected chi connectivity index (χ0v) is 15.1. The quantitative estimate of drug-likeness (QED) is 0.883. The molecule has 1 atom stereocenters. The third kappa shape index (κ3) is 4.28. The lowest BCUT2D eigenvalue weighted by Gasteiger charge is -2.43. The number of hydrogen-bond donors (Lipinski definition) is 1. The smallest absolute Gasteiger partial charge is 0.317 e. The SMILES string of the molecule is O=C(NCCc1coc(-c2ccc(F)cc2)n1)N1CCN2CCOCC2C1. The Morgan fingerprint density at radius 3 is 2.96 bits per heavy atom. The Kier molecular flexibility index (Phi) is 5.35. The third-order valence-corrected chi connectivity index (χ3v) is 5.03. The number of halogens is 1. The van der Waals surface area contributed by atoms with Crippen LogP contribution in [0.2, 0.25) is 0 Å². The lowest BCUT2D eigenvalue weighted by molar-refractivity contribution is -0.0364. The summed E-state index contributed by atoms with van der Waals surface area (Å²) in [5.41, 5.74) is 1.47. The number of nitrogens with zero attached hydrogens (tertiary/aromatic N) is 3. The van der Waals surface area contributed by atoms with E-state index in [4.69, 9.17) is 9.15 Å². The van der Waals surface area contributed by atoms with Gasteiger partial charge in [-0.3, -0.25) is 4.90 Å². The van der Waals surface area contributed by atoms with E-state index in [2.05, 4.69) is 15.2 Å². The number of benzene rings is 1. The van der Waals surface area contributed by atoms with E-state index in [1.807, 2.05) is 4.90 Å². The zero-order chi connectivity index (χ0) is 18.6. The van der Waals surface area contributed by atoms with E-state index in [-0.39, 0.29) is 11.8 Å². The molecule has 0 radical (unpaired) electrons. The molecule has 4 rings (SSSR count). The number of nitrogens with one attached hydrogen (secondary N) is 1. The third-order valence-electron chi connectivity index (χ3n) is 5.03. The molecule has 1 N–H and O–H groups in total. The molecule has 8 heteroatoms. The van der Waals surface area contributed by atoms with E-state index in [9.17, 15) is 9.18 Å². The van der Waals surface area contributed by atoms with E-state index >= 15 is 0 Å². The van der Waals surface area contributed by atoms with E-state index in [0.29, 0.717) is 38.0 Å². The van der Waals surface area contributed by atoms with Crippen molar-refractivity contribution < 1.29 is 18.3 Å². The Morgan fingerprint density at radius 1 is 1.26 bits per heavy atom. The van der Waals surface area contributed by atoms with E-state index in [1.54, 1.807) is 18.4 Å². The maximum Gasteiger partial charge on any atom is 0.317 e. The van der Waals surface area contributed by atoms with Gasteiger partial charge in [-0.1, -0.05) is 0 Å². The van der Waals surface area contributed by atoms with Gasteiger partial charge in [0.05, 0.1) is 24.9 Å². The summed E-state index contributed by atoms with van der Waals surface area (Å²) in [4.78, 5) is 21.0. The molecule has 144 valence electrons. The minimum absolute atomic E-state index is 0.0533. The van der Waals surface area contributed by atoms with Crippen molar-refractivity contribution >= 4 is 6.03 Å². The minimum atomic E-state index is -0.297. The molecular formula is C19H23FN4O3. The average molecular weight is 374 g/mol. The molecule has 2 aliphatic rings. The number of oxazole rings is 1. The predicted molar refractivity (Wildman–Crippen MR) is 96.8 cm³/mol. The Bertz CT molecular complexity index is 780. The molecule has 0 bridgehead atoms. The van der Waals surface area contributed by atoms with Gasteiger partial charge in [-0.05, 0) is 24.3 Å². The molecule has 0 spiro atoms. The van der Waals surface area contributed by atoms with Crippen molar-refractivity contribution in [2.45, 2.75) is 12.5 Å². The maximum atomic E-state index is 13.0. The number of carbonyl (C=O) groups is 1. The summed E-state index contributed by atoms with van der Waals surface area (Å²) in [5.74, 6) is 0.151. The first-order chi connectivity index (χ1) is 13.2. The van der Waals surface area contributed by atoms with Crippen LogP contribution in [-0.2, 0) is 11.2 Å². The second kappa shape index (κ2) is 8.06. The van der Waals surface area contributed by atoms with Gasteiger partial charge in [-0.15, -0.1) is 0 Å². The van der Waals surface area contributed by atoms with Crippen molar-refractivity contribution in [3.8, 4) is 11.5 Å². The van der Waals surface area contributed by atoms with Gasteiger partial charge in [-0.2, -0.15) is 0 Å². The van der Waals surface area contributed by atoms with Gasteiger partial charge in [0.2, 0.25) is 5.89 Å². The van der Waals surface area contributed by atoms with Gasteiger partial charge in [0.1, 0.15) is 12.1 Å². The topological polar surface area (TPSA) is 70.8 Å². The van der Waals surface area contributed by atoms with Crippen LogP contribution < -0.4 is 5.32 Å². The molecule has 27 heavy (non-hydrogen) atoms. The number of hydrogen-bond acceptors (Lipinski definition) is 5. The van der Waals surface area contributed by atoms with Gasteiger partial charge < -0.3 is 19.4 Å². The molecule has 2 aromatic rings. The van der Waals surface area contributed by atoms with Gasteiger partial charge >= 0.3 is 6.03 Å². The summed E-state index contributed by atoms with van der Waals surface area (Å²) in [5, 5.41) is 2.95. The Morgan fingerprint density at radius 2 is 2.11 bits per heavy atom. The molecule has 2 amide bonds. The van der Waals surface area contributed by atoms with Gasteiger partial charge in [0.15, 0.2) is 0 Å². The molecule has 1 aromatic heterocycles. The molecule has 2 aliphatic heterocycles. The first kappa shape index (κ1) is 17.9. The normalized spacial score (nSPS) is 20.3. The molecular weight excluding hydrogens is 351 g/mol. The van der Waals surface area contributed by atoms with Gasteiger partial charge in [-0.25, -0.2) is 14.2 Å². The molecule has 3 heterocycles. The van der Waals surface area contributed by atoms with Gasteiger partial charge in [0.25, 0.3) is 0 Å². The van der Waals surface area contributed by atoms with Crippen LogP contribution in [0.1, 0.15) is 5.69 Å². The lowest BCUT2D eigenvalue weighted by atomic mass is 10.1. The monoisotopic (exact) mass is 374 g/mol. The Labute approximate surface area is 157 Å². The second-order valence-electron chi connectivity index (χ2n) is 6.84. The van der Waals surface area contributed by atoms with E-state index in [0.717, 1.165) is 37.5 Å². The van der Waals surface area contributed by atoms with Crippen LogP contribution in [0.3, 0.4) is 0 Å². The largest absolute Gasteiger partial charge is 0.444 e. The number of carbonyl (C=O) groups excluding carboxylic acids is 1. The first-order valence-electron chi connectivity index (χ1n) is 9.24. The van der Waals surface area contributed by atoms with Crippen molar-refractivity contribution in [3.63, 3.8) is 0 Å². The van der Waals surface area contributed by atoms with Crippen molar-refractivity contribution in [3.05, 3.63) is 42.0 Å². The number of fused-ring (bicyclic) bond motifs is 1. The van der Waals surface area contributed by atoms with Crippen LogP contribution in [0.4, 0.5) is 9.18 Å². The summed E-state index contributed by atoms with van der Waals surface area (Å²) in [6, 6.07) is 6.24. The van der Waals surface area contributed by atoms with Crippen LogP contribution >= 0.6 is 0 Å². The molecule has 1 unspecified atom stereocenters. The number of ether oxygens (including phenoxy) is 1. The summed E-state index contributed by atoms with van der Waals surface area (Å²) in [6.45, 7) is 5.23. The highest BCUT2D eigenvalue weighted by Crippen LogP contribution is 2.19. The predicted octanol–water partition coefficient (Wildman–Crippen LogP) is 1.75. The molecule has 2 saturated heterocycles. The number of aromatic nitrogens is 1. The molecule has 0 saturated carbocycles. The Hall–Kier alpha value is -2.45. The molecule has 0 aliphatic carbocycles. The fourth-order valence-electron chi connectivity index (χ4n) is 3.49. The lowest BCUT2D eigenvalue weighted by Crippen LogP contribution is -2.60. The number of morpholine rings is 1. The summed E-state index contributed by atoms with van der Waals surface area (Å²) in [6.07, 6.45) is 2.14. The standard InChI is InChI=1S/C19H23FN4O3/c20-15-3-1-14(2-4-15)18-22-16(12-27-18)5-6-21-19(25)24-8-7-23-9-10-26-13-17(23)11-24/h1-4,12,17H,5-11,13H2,(H,21,25). The number of urea groups is 1. The maximum absolute atomic E-state index is 13.0. The summed E-state index contributed by atoms with van der Waals surface area (Å²) >= 11 is 0. The fraction of sp³-hybridized carbons (Fsp3) is 0.474. The average Bonchev–Trinajstić information content (AvgIpc) is 3.17. The van der Waals surface area contributed by atoms with Crippen LogP contribution in [0, 0.1) is 5.82 Å². The Balaban J connectivity index is 1.25. The fourth-order valence-corrected chi connectivity index (χ4v) is 3.49. The van der Waals surface area contributed by atoms with Gasteiger partial charge in [0, 0.05) is 44.7 Å². The van der Waals surface area contributed by atoms with Crippen LogP contribution in [-0.4, -0.2) is 72.8 Å². The van der Waals surface area contributed by atoms with Crippen LogP contribution in [0.25, 0.3) is 11.5 Å². The first-order valence-corrected chi connectivity index (χ1v) is 9.24. The minimum Gasteiger partial charge on any atom is -0.444 e. The molecule has 1 aromatic carbocycles. The highest BCUT2D eigenvalue weighted by molar-refractivity contribution is 5.74. The molecule has 7 nitrogen and oxygen atoms in total. The van der Waals surface area contributed by atoms with Crippen LogP contribution in [0.5, 0.6) is 0 Å².